The zero-order valence-electron chi connectivity index (χ0n) is 5.18. The molecule has 0 heterocycles. The molecule has 0 aliphatic heterocycles. The van der Waals surface area contributed by atoms with Gasteiger partial charge in [0.25, 0.3) is 0 Å². The zero-order chi connectivity index (χ0) is 6.69. The lowest BCUT2D eigenvalue weighted by Gasteiger charge is -2.13. The molecule has 0 radical (unpaired) electrons. The lowest BCUT2D eigenvalue weighted by atomic mass is 10.00. The van der Waals surface area contributed by atoms with Gasteiger partial charge in [0.2, 0.25) is 5.25 Å². The van der Waals surface area contributed by atoms with Crippen molar-refractivity contribution in [3.05, 3.63) is 0 Å². The quantitative estimate of drug-likeness (QED) is 0.429. The van der Waals surface area contributed by atoms with Crippen molar-refractivity contribution in [2.75, 3.05) is 0 Å². The van der Waals surface area contributed by atoms with E-state index in [2.05, 4.69) is 0 Å². The van der Waals surface area contributed by atoms with Crippen molar-refractivity contribution < 1.29 is 4.21 Å². The first-order chi connectivity index (χ1) is 4.33. The molecule has 3 heteroatoms. The molecule has 9 heavy (non-hydrogen) atoms. The van der Waals surface area contributed by atoms with Crippen LogP contribution in [-0.2, 0) is 15.9 Å². The highest BCUT2D eigenvalue weighted by molar-refractivity contribution is 7.66. The van der Waals surface area contributed by atoms with Crippen molar-refractivity contribution in [2.24, 2.45) is 0 Å². The van der Waals surface area contributed by atoms with Gasteiger partial charge in [-0.15, -0.1) is 11.6 Å². The summed E-state index contributed by atoms with van der Waals surface area (Å²) in [4.78, 5) is 0. The third-order valence-electron chi connectivity index (χ3n) is 1.74. The van der Waals surface area contributed by atoms with Gasteiger partial charge in [-0.3, -0.25) is 0 Å². The second-order valence-corrected chi connectivity index (χ2v) is 3.95. The largest absolute Gasteiger partial charge is 0.462 e. The Kier molecular flexibility index (Phi) is 2.86. The highest BCUT2D eigenvalue weighted by Gasteiger charge is 2.27. The van der Waals surface area contributed by atoms with Crippen LogP contribution in [0.15, 0.2) is 0 Å². The minimum Gasteiger partial charge on any atom is -0.123 e. The number of halogens is 1. The summed E-state index contributed by atoms with van der Waals surface area (Å²) in [5.41, 5.74) is 0. The van der Waals surface area contributed by atoms with Crippen LogP contribution in [0.2, 0.25) is 0 Å². The second kappa shape index (κ2) is 3.47. The van der Waals surface area contributed by atoms with Gasteiger partial charge in [0, 0.05) is 22.4 Å². The SMILES string of the molecule is O=[S+]C1CCC(Cl)CC1. The molecule has 0 aromatic rings. The molecular weight excluding hydrogens is 156 g/mol. The third kappa shape index (κ3) is 2.18. The van der Waals surface area contributed by atoms with Gasteiger partial charge in [0.05, 0.1) is 0 Å². The molecule has 0 spiro atoms. The molecular formula is C6H10ClOS+. The first-order valence-corrected chi connectivity index (χ1v) is 4.49. The van der Waals surface area contributed by atoms with Crippen molar-refractivity contribution in [3.8, 4) is 0 Å². The van der Waals surface area contributed by atoms with Crippen LogP contribution in [0.4, 0.5) is 0 Å². The Bertz CT molecular complexity index is 99.2. The summed E-state index contributed by atoms with van der Waals surface area (Å²) >= 11 is 6.57. The molecule has 0 saturated heterocycles. The van der Waals surface area contributed by atoms with Gasteiger partial charge >= 0.3 is 11.7 Å². The topological polar surface area (TPSA) is 17.1 Å². The summed E-state index contributed by atoms with van der Waals surface area (Å²) in [6, 6.07) is 0. The van der Waals surface area contributed by atoms with E-state index in [1.165, 1.54) is 0 Å². The average molecular weight is 166 g/mol. The Labute approximate surface area is 64.3 Å². The van der Waals surface area contributed by atoms with Crippen molar-refractivity contribution in [3.63, 3.8) is 0 Å². The fourth-order valence-electron chi connectivity index (χ4n) is 1.12. The van der Waals surface area contributed by atoms with Gasteiger partial charge in [0.15, 0.2) is 0 Å². The third-order valence-corrected chi connectivity index (χ3v) is 2.92. The Morgan fingerprint density at radius 2 is 1.78 bits per heavy atom. The average Bonchev–Trinajstić information content (AvgIpc) is 1.90. The molecule has 0 atom stereocenters. The molecule has 0 aromatic carbocycles. The van der Waals surface area contributed by atoms with E-state index in [0.717, 1.165) is 37.3 Å². The number of hydrogen-bond donors (Lipinski definition) is 0. The molecule has 1 saturated carbocycles. The summed E-state index contributed by atoms with van der Waals surface area (Å²) in [6.45, 7) is 0. The molecule has 0 unspecified atom stereocenters. The molecule has 0 amide bonds. The fraction of sp³-hybridized carbons (Fsp3) is 1.00. The lowest BCUT2D eigenvalue weighted by molar-refractivity contribution is 0.508. The van der Waals surface area contributed by atoms with E-state index in [1.54, 1.807) is 0 Å². The standard InChI is InChI=1S/C6H10ClOS/c7-5-1-3-6(9-8)4-2-5/h5-6H,1-4H2/q+1. The summed E-state index contributed by atoms with van der Waals surface area (Å²) < 4.78 is 10.3. The van der Waals surface area contributed by atoms with Crippen molar-refractivity contribution in [2.45, 2.75) is 36.3 Å². The van der Waals surface area contributed by atoms with Crippen LogP contribution in [0.3, 0.4) is 0 Å². The van der Waals surface area contributed by atoms with E-state index < -0.39 is 0 Å². The molecule has 1 aliphatic rings. The van der Waals surface area contributed by atoms with E-state index in [-0.39, 0.29) is 0 Å². The van der Waals surface area contributed by atoms with Gasteiger partial charge in [0.1, 0.15) is 0 Å². The van der Waals surface area contributed by atoms with Crippen molar-refractivity contribution >= 4 is 23.3 Å². The van der Waals surface area contributed by atoms with Gasteiger partial charge in [-0.1, -0.05) is 0 Å². The Hall–Kier alpha value is 0.310. The van der Waals surface area contributed by atoms with Crippen LogP contribution in [0.1, 0.15) is 25.7 Å². The van der Waals surface area contributed by atoms with Crippen LogP contribution in [0, 0.1) is 0 Å². The monoisotopic (exact) mass is 165 g/mol. The second-order valence-electron chi connectivity index (χ2n) is 2.47. The van der Waals surface area contributed by atoms with Crippen molar-refractivity contribution in [1.82, 2.24) is 0 Å². The Balaban J connectivity index is 2.26. The van der Waals surface area contributed by atoms with Gasteiger partial charge in [-0.2, -0.15) is 0 Å². The summed E-state index contributed by atoms with van der Waals surface area (Å²) in [5.74, 6) is 0. The zero-order valence-corrected chi connectivity index (χ0v) is 6.75. The molecule has 52 valence electrons. The van der Waals surface area contributed by atoms with Crippen LogP contribution in [-0.4, -0.2) is 10.6 Å². The highest BCUT2D eigenvalue weighted by Crippen LogP contribution is 2.23. The Morgan fingerprint density at radius 3 is 2.22 bits per heavy atom. The summed E-state index contributed by atoms with van der Waals surface area (Å²) in [5, 5.41) is 0.688. The molecule has 1 nitrogen and oxygen atoms in total. The Morgan fingerprint density at radius 1 is 1.22 bits per heavy atom. The minimum atomic E-state index is 0.341. The number of rotatable bonds is 1. The maximum absolute atomic E-state index is 10.3. The van der Waals surface area contributed by atoms with E-state index >= 15 is 0 Å². The van der Waals surface area contributed by atoms with Crippen LogP contribution in [0.25, 0.3) is 0 Å². The number of hydrogen-bond acceptors (Lipinski definition) is 1. The first kappa shape index (κ1) is 7.42. The predicted octanol–water partition coefficient (Wildman–Crippen LogP) is 1.96. The van der Waals surface area contributed by atoms with E-state index in [9.17, 15) is 4.21 Å². The number of alkyl halides is 1. The molecule has 1 rings (SSSR count). The highest BCUT2D eigenvalue weighted by atomic mass is 35.5. The molecule has 0 aromatic heterocycles. The molecule has 0 bridgehead atoms. The first-order valence-electron chi connectivity index (χ1n) is 3.25. The summed E-state index contributed by atoms with van der Waals surface area (Å²) in [7, 11) is 0. The lowest BCUT2D eigenvalue weighted by Crippen LogP contribution is -2.17. The summed E-state index contributed by atoms with van der Waals surface area (Å²) in [6.07, 6.45) is 4.09. The van der Waals surface area contributed by atoms with Crippen LogP contribution >= 0.6 is 11.6 Å². The maximum Gasteiger partial charge on any atom is 0.462 e. The van der Waals surface area contributed by atoms with E-state index in [0.29, 0.717) is 10.6 Å². The normalized spacial score (nSPS) is 36.1. The van der Waals surface area contributed by atoms with E-state index in [4.69, 9.17) is 11.6 Å². The van der Waals surface area contributed by atoms with Crippen LogP contribution in [0.5, 0.6) is 0 Å². The van der Waals surface area contributed by atoms with Crippen LogP contribution < -0.4 is 0 Å². The molecule has 1 fully saturated rings. The van der Waals surface area contributed by atoms with Crippen molar-refractivity contribution in [1.29, 1.82) is 0 Å². The minimum absolute atomic E-state index is 0.341. The molecule has 1 aliphatic carbocycles. The van der Waals surface area contributed by atoms with Gasteiger partial charge in [-0.05, 0) is 12.8 Å². The smallest absolute Gasteiger partial charge is 0.123 e. The molecule has 0 N–H and O–H groups in total. The van der Waals surface area contributed by atoms with E-state index in [1.807, 2.05) is 0 Å². The maximum atomic E-state index is 10.3. The predicted molar refractivity (Wildman–Crippen MR) is 39.9 cm³/mol. The van der Waals surface area contributed by atoms with Gasteiger partial charge in [-0.25, -0.2) is 0 Å². The van der Waals surface area contributed by atoms with Gasteiger partial charge < -0.3 is 0 Å². The fourth-order valence-corrected chi connectivity index (χ4v) is 1.83.